The van der Waals surface area contributed by atoms with Gasteiger partial charge < -0.3 is 20.1 Å². The number of rotatable bonds is 6. The van der Waals surface area contributed by atoms with E-state index in [1.54, 1.807) is 6.20 Å². The number of nitrogens with one attached hydrogen (secondary N) is 2. The van der Waals surface area contributed by atoms with Crippen LogP contribution in [0.2, 0.25) is 5.02 Å². The fourth-order valence-corrected chi connectivity index (χ4v) is 5.73. The molecule has 6 rings (SSSR count). The molecule has 40 heavy (non-hydrogen) atoms. The van der Waals surface area contributed by atoms with Crippen molar-refractivity contribution in [3.05, 3.63) is 120 Å². The van der Waals surface area contributed by atoms with Crippen LogP contribution in [0.3, 0.4) is 0 Å². The number of aromatic nitrogens is 2. The van der Waals surface area contributed by atoms with Crippen LogP contribution in [0.15, 0.2) is 103 Å². The van der Waals surface area contributed by atoms with Gasteiger partial charge in [-0.15, -0.1) is 0 Å². The average molecular weight is 566 g/mol. The van der Waals surface area contributed by atoms with Gasteiger partial charge in [0.2, 0.25) is 5.91 Å². The fourth-order valence-electron chi connectivity index (χ4n) is 5.16. The van der Waals surface area contributed by atoms with Crippen molar-refractivity contribution in [2.24, 2.45) is 5.92 Å². The van der Waals surface area contributed by atoms with Gasteiger partial charge in [-0.05, 0) is 77.6 Å². The molecule has 1 saturated heterocycles. The monoisotopic (exact) mass is 565 g/mol. The van der Waals surface area contributed by atoms with E-state index in [4.69, 9.17) is 23.8 Å². The van der Waals surface area contributed by atoms with E-state index in [9.17, 15) is 4.79 Å². The number of benzene rings is 3. The SMILES string of the molecule is CC(C)C(=O)Nc1ccc(N2C(=S)N[C@@H](c3ccccn3)[C@H]2c2cccn2-c2ccc3ccccc3c2)cc1Cl. The molecular weight excluding hydrogens is 538 g/mol. The van der Waals surface area contributed by atoms with Crippen LogP contribution in [0.1, 0.15) is 37.3 Å². The molecule has 0 spiro atoms. The Morgan fingerprint density at radius 1 is 0.950 bits per heavy atom. The first-order valence-electron chi connectivity index (χ1n) is 13.2. The summed E-state index contributed by atoms with van der Waals surface area (Å²) < 4.78 is 2.20. The molecule has 0 unspecified atom stereocenters. The minimum Gasteiger partial charge on any atom is -0.351 e. The number of nitrogens with zero attached hydrogens (tertiary/aromatic N) is 3. The molecule has 2 N–H and O–H groups in total. The molecule has 3 aromatic carbocycles. The van der Waals surface area contributed by atoms with Gasteiger partial charge in [-0.3, -0.25) is 9.78 Å². The lowest BCUT2D eigenvalue weighted by molar-refractivity contribution is -0.118. The number of carbonyl (C=O) groups excluding carboxylic acids is 1. The molecule has 0 radical (unpaired) electrons. The van der Waals surface area contributed by atoms with E-state index in [0.717, 1.165) is 22.8 Å². The van der Waals surface area contributed by atoms with Crippen molar-refractivity contribution >= 4 is 57.0 Å². The first kappa shape index (κ1) is 26.0. The predicted octanol–water partition coefficient (Wildman–Crippen LogP) is 7.45. The Kier molecular flexibility index (Phi) is 7.00. The van der Waals surface area contributed by atoms with E-state index >= 15 is 0 Å². The molecular formula is C32H28ClN5OS. The zero-order valence-corrected chi connectivity index (χ0v) is 23.7. The molecule has 1 fully saturated rings. The number of hydrogen-bond acceptors (Lipinski definition) is 3. The predicted molar refractivity (Wildman–Crippen MR) is 166 cm³/mol. The molecule has 1 amide bonds. The number of amides is 1. The summed E-state index contributed by atoms with van der Waals surface area (Å²) in [5, 5.41) is 9.80. The van der Waals surface area contributed by atoms with Gasteiger partial charge in [0.25, 0.3) is 0 Å². The van der Waals surface area contributed by atoms with Crippen LogP contribution in [-0.2, 0) is 4.79 Å². The molecule has 2 atom stereocenters. The van der Waals surface area contributed by atoms with Crippen molar-refractivity contribution in [1.82, 2.24) is 14.9 Å². The Balaban J connectivity index is 1.45. The second kappa shape index (κ2) is 10.8. The topological polar surface area (TPSA) is 62.2 Å². The van der Waals surface area contributed by atoms with Crippen LogP contribution >= 0.6 is 23.8 Å². The lowest BCUT2D eigenvalue weighted by atomic mass is 10.0. The number of carbonyl (C=O) groups is 1. The molecule has 0 bridgehead atoms. The number of thiocarbonyl (C=S) groups is 1. The summed E-state index contributed by atoms with van der Waals surface area (Å²) in [6, 6.07) is 30.1. The molecule has 3 heterocycles. The van der Waals surface area contributed by atoms with E-state index in [-0.39, 0.29) is 23.9 Å². The first-order valence-corrected chi connectivity index (χ1v) is 14.0. The smallest absolute Gasteiger partial charge is 0.226 e. The van der Waals surface area contributed by atoms with Crippen LogP contribution in [-0.4, -0.2) is 20.6 Å². The zero-order chi connectivity index (χ0) is 27.8. The standard InChI is InChI=1S/C32H28ClN5OS/c1-20(2)31(39)35-26-15-14-24(19-25(26)33)38-30(29(36-32(38)40)27-10-5-6-16-34-27)28-11-7-17-37(28)23-13-12-21-8-3-4-9-22(21)18-23/h3-20,29-30H,1-2H3,(H,35,39)(H,36,40)/t29-,30+/m0/s1. The van der Waals surface area contributed by atoms with Gasteiger partial charge in [0, 0.05) is 35.4 Å². The van der Waals surface area contributed by atoms with Gasteiger partial charge in [0.05, 0.1) is 22.4 Å². The maximum Gasteiger partial charge on any atom is 0.226 e. The van der Waals surface area contributed by atoms with Crippen LogP contribution in [0.25, 0.3) is 16.5 Å². The van der Waals surface area contributed by atoms with E-state index in [1.807, 2.05) is 56.3 Å². The Hall–Kier alpha value is -4.20. The van der Waals surface area contributed by atoms with E-state index in [2.05, 4.69) is 79.8 Å². The van der Waals surface area contributed by atoms with Gasteiger partial charge >= 0.3 is 0 Å². The van der Waals surface area contributed by atoms with E-state index < -0.39 is 0 Å². The van der Waals surface area contributed by atoms with Gasteiger partial charge in [-0.25, -0.2) is 0 Å². The van der Waals surface area contributed by atoms with Gasteiger partial charge in [0.1, 0.15) is 6.04 Å². The molecule has 2 aromatic heterocycles. The Morgan fingerprint density at radius 2 is 1.73 bits per heavy atom. The summed E-state index contributed by atoms with van der Waals surface area (Å²) in [6.07, 6.45) is 3.87. The van der Waals surface area contributed by atoms with Crippen molar-refractivity contribution in [1.29, 1.82) is 0 Å². The highest BCUT2D eigenvalue weighted by atomic mass is 35.5. The number of pyridine rings is 1. The third kappa shape index (κ3) is 4.83. The van der Waals surface area contributed by atoms with Gasteiger partial charge in [-0.1, -0.05) is 61.8 Å². The molecule has 200 valence electrons. The third-order valence-corrected chi connectivity index (χ3v) is 7.83. The molecule has 5 aromatic rings. The maximum atomic E-state index is 12.3. The van der Waals surface area contributed by atoms with E-state index in [0.29, 0.717) is 15.8 Å². The molecule has 6 nitrogen and oxygen atoms in total. The Bertz CT molecular complexity index is 1720. The molecule has 1 aliphatic rings. The average Bonchev–Trinajstić information content (AvgIpc) is 3.58. The van der Waals surface area contributed by atoms with Crippen molar-refractivity contribution in [3.63, 3.8) is 0 Å². The number of hydrogen-bond donors (Lipinski definition) is 2. The van der Waals surface area contributed by atoms with Crippen molar-refractivity contribution in [3.8, 4) is 5.69 Å². The second-order valence-electron chi connectivity index (χ2n) is 10.1. The number of fused-ring (bicyclic) bond motifs is 1. The Labute approximate surface area is 243 Å². The van der Waals surface area contributed by atoms with Gasteiger partial charge in [-0.2, -0.15) is 0 Å². The lowest BCUT2D eigenvalue weighted by Crippen LogP contribution is -2.30. The summed E-state index contributed by atoms with van der Waals surface area (Å²) in [6.45, 7) is 3.69. The summed E-state index contributed by atoms with van der Waals surface area (Å²) >= 11 is 12.6. The van der Waals surface area contributed by atoms with Crippen molar-refractivity contribution in [2.45, 2.75) is 25.9 Å². The molecule has 0 aliphatic carbocycles. The van der Waals surface area contributed by atoms with Crippen molar-refractivity contribution < 1.29 is 4.79 Å². The Morgan fingerprint density at radius 3 is 2.48 bits per heavy atom. The minimum absolute atomic E-state index is 0.0886. The minimum atomic E-state index is -0.226. The van der Waals surface area contributed by atoms with Crippen LogP contribution < -0.4 is 15.5 Å². The highest BCUT2D eigenvalue weighted by Gasteiger charge is 2.42. The number of anilines is 2. The lowest BCUT2D eigenvalue weighted by Gasteiger charge is -2.29. The third-order valence-electron chi connectivity index (χ3n) is 7.21. The van der Waals surface area contributed by atoms with Crippen LogP contribution in [0.5, 0.6) is 0 Å². The summed E-state index contributed by atoms with van der Waals surface area (Å²) in [5.74, 6) is -0.244. The summed E-state index contributed by atoms with van der Waals surface area (Å²) in [4.78, 5) is 19.1. The van der Waals surface area contributed by atoms with Gasteiger partial charge in [0.15, 0.2) is 5.11 Å². The second-order valence-corrected chi connectivity index (χ2v) is 10.9. The largest absolute Gasteiger partial charge is 0.351 e. The molecule has 0 saturated carbocycles. The quantitative estimate of drug-likeness (QED) is 0.209. The van der Waals surface area contributed by atoms with Crippen molar-refractivity contribution in [2.75, 3.05) is 10.2 Å². The fraction of sp³-hybridized carbons (Fsp3) is 0.156. The first-order chi connectivity index (χ1) is 19.4. The maximum absolute atomic E-state index is 12.3. The summed E-state index contributed by atoms with van der Waals surface area (Å²) in [5.41, 5.74) is 4.38. The normalized spacial score (nSPS) is 16.9. The zero-order valence-electron chi connectivity index (χ0n) is 22.1. The highest BCUT2D eigenvalue weighted by molar-refractivity contribution is 7.80. The van der Waals surface area contributed by atoms with E-state index in [1.165, 1.54) is 10.8 Å². The number of halogens is 1. The highest BCUT2D eigenvalue weighted by Crippen LogP contribution is 2.43. The van der Waals surface area contributed by atoms with Crippen LogP contribution in [0.4, 0.5) is 11.4 Å². The molecule has 1 aliphatic heterocycles. The summed E-state index contributed by atoms with van der Waals surface area (Å²) in [7, 11) is 0. The molecule has 8 heteroatoms. The van der Waals surface area contributed by atoms with Crippen LogP contribution in [0, 0.1) is 5.92 Å².